The molecule has 0 saturated heterocycles. The van der Waals surface area contributed by atoms with Gasteiger partial charge in [0.25, 0.3) is 5.91 Å². The fraction of sp³-hybridized carbons (Fsp3) is 0.412. The molecule has 0 aliphatic heterocycles. The SMILES string of the molecule is CC(C)(CO)CCCNC(=O)c1c[nH]c2ccccc2c1=O. The normalized spacial score (nSPS) is 11.6. The molecular weight excluding hydrogens is 280 g/mol. The zero-order valence-electron chi connectivity index (χ0n) is 13.0. The molecule has 5 nitrogen and oxygen atoms in total. The first kappa shape index (κ1) is 16.2. The van der Waals surface area contributed by atoms with Gasteiger partial charge in [-0.15, -0.1) is 0 Å². The number of aliphatic hydroxyl groups excluding tert-OH is 1. The Balaban J connectivity index is 2.02. The molecule has 0 radical (unpaired) electrons. The quantitative estimate of drug-likeness (QED) is 0.714. The highest BCUT2D eigenvalue weighted by atomic mass is 16.3. The Kier molecular flexibility index (Phi) is 4.98. The topological polar surface area (TPSA) is 82.2 Å². The Labute approximate surface area is 129 Å². The Morgan fingerprint density at radius 2 is 2.05 bits per heavy atom. The van der Waals surface area contributed by atoms with Gasteiger partial charge >= 0.3 is 0 Å². The largest absolute Gasteiger partial charge is 0.396 e. The predicted molar refractivity (Wildman–Crippen MR) is 87.0 cm³/mol. The first-order valence-corrected chi connectivity index (χ1v) is 7.44. The van der Waals surface area contributed by atoms with Crippen LogP contribution in [-0.4, -0.2) is 29.1 Å². The zero-order valence-corrected chi connectivity index (χ0v) is 13.0. The van der Waals surface area contributed by atoms with E-state index < -0.39 is 0 Å². The molecule has 1 aromatic carbocycles. The number of carbonyl (C=O) groups excluding carboxylic acids is 1. The van der Waals surface area contributed by atoms with Crippen LogP contribution in [0, 0.1) is 5.41 Å². The minimum Gasteiger partial charge on any atom is -0.396 e. The van der Waals surface area contributed by atoms with E-state index >= 15 is 0 Å². The lowest BCUT2D eigenvalue weighted by atomic mass is 9.89. The molecule has 5 heteroatoms. The number of fused-ring (bicyclic) bond motifs is 1. The molecule has 22 heavy (non-hydrogen) atoms. The molecule has 2 aromatic rings. The Morgan fingerprint density at radius 3 is 2.77 bits per heavy atom. The van der Waals surface area contributed by atoms with Crippen molar-refractivity contribution in [2.45, 2.75) is 26.7 Å². The summed E-state index contributed by atoms with van der Waals surface area (Å²) < 4.78 is 0. The number of amides is 1. The molecule has 1 heterocycles. The number of para-hydroxylation sites is 1. The van der Waals surface area contributed by atoms with Crippen molar-refractivity contribution in [2.75, 3.05) is 13.2 Å². The summed E-state index contributed by atoms with van der Waals surface area (Å²) in [6, 6.07) is 7.11. The van der Waals surface area contributed by atoms with Gasteiger partial charge in [0.1, 0.15) is 5.56 Å². The van der Waals surface area contributed by atoms with Crippen LogP contribution in [0.3, 0.4) is 0 Å². The van der Waals surface area contributed by atoms with Crippen LogP contribution in [0.2, 0.25) is 0 Å². The lowest BCUT2D eigenvalue weighted by Crippen LogP contribution is -2.30. The van der Waals surface area contributed by atoms with Crippen LogP contribution in [0.4, 0.5) is 0 Å². The molecule has 0 spiro atoms. The van der Waals surface area contributed by atoms with Gasteiger partial charge in [-0.05, 0) is 30.4 Å². The van der Waals surface area contributed by atoms with Gasteiger partial charge in [0.05, 0.1) is 0 Å². The van der Waals surface area contributed by atoms with Crippen molar-refractivity contribution in [1.82, 2.24) is 10.3 Å². The lowest BCUT2D eigenvalue weighted by molar-refractivity contribution is 0.0947. The van der Waals surface area contributed by atoms with Crippen molar-refractivity contribution in [3.05, 3.63) is 46.2 Å². The average Bonchev–Trinajstić information content (AvgIpc) is 2.52. The van der Waals surface area contributed by atoms with Gasteiger partial charge in [0.15, 0.2) is 0 Å². The summed E-state index contributed by atoms with van der Waals surface area (Å²) in [4.78, 5) is 27.4. The van der Waals surface area contributed by atoms with Crippen LogP contribution in [0.1, 0.15) is 37.0 Å². The van der Waals surface area contributed by atoms with Gasteiger partial charge in [-0.3, -0.25) is 9.59 Å². The number of carbonyl (C=O) groups is 1. The standard InChI is InChI=1S/C17H22N2O3/c1-17(2,11-20)8-5-9-18-16(22)13-10-19-14-7-4-3-6-12(14)15(13)21/h3-4,6-7,10,20H,5,8-9,11H2,1-2H3,(H,18,22)(H,19,21). The van der Waals surface area contributed by atoms with E-state index in [1.165, 1.54) is 6.20 Å². The van der Waals surface area contributed by atoms with Gasteiger partial charge in [-0.1, -0.05) is 26.0 Å². The van der Waals surface area contributed by atoms with Crippen LogP contribution in [0.25, 0.3) is 10.9 Å². The van der Waals surface area contributed by atoms with E-state index in [1.807, 2.05) is 19.9 Å². The molecule has 118 valence electrons. The molecule has 2 rings (SSSR count). The van der Waals surface area contributed by atoms with Crippen LogP contribution < -0.4 is 10.7 Å². The van der Waals surface area contributed by atoms with Crippen molar-refractivity contribution in [3.63, 3.8) is 0 Å². The van der Waals surface area contributed by atoms with Crippen LogP contribution in [0.5, 0.6) is 0 Å². The number of nitrogens with one attached hydrogen (secondary N) is 2. The molecule has 0 aliphatic rings. The molecule has 1 aromatic heterocycles. The summed E-state index contributed by atoms with van der Waals surface area (Å²) in [6.45, 7) is 4.55. The molecular formula is C17H22N2O3. The summed E-state index contributed by atoms with van der Waals surface area (Å²) in [5.41, 5.74) is 0.432. The van der Waals surface area contributed by atoms with E-state index in [9.17, 15) is 14.7 Å². The van der Waals surface area contributed by atoms with Crippen LogP contribution >= 0.6 is 0 Å². The van der Waals surface area contributed by atoms with E-state index in [0.717, 1.165) is 12.8 Å². The number of pyridine rings is 1. The van der Waals surface area contributed by atoms with E-state index in [4.69, 9.17) is 0 Å². The third-order valence-electron chi connectivity index (χ3n) is 3.78. The number of aromatic nitrogens is 1. The number of hydrogen-bond acceptors (Lipinski definition) is 3. The van der Waals surface area contributed by atoms with Gasteiger partial charge in [0, 0.05) is 30.3 Å². The fourth-order valence-corrected chi connectivity index (χ4v) is 2.28. The summed E-state index contributed by atoms with van der Waals surface area (Å²) in [5.74, 6) is -0.367. The van der Waals surface area contributed by atoms with Gasteiger partial charge < -0.3 is 15.4 Å². The lowest BCUT2D eigenvalue weighted by Gasteiger charge is -2.21. The number of aromatic amines is 1. The van der Waals surface area contributed by atoms with E-state index in [-0.39, 0.29) is 28.9 Å². The summed E-state index contributed by atoms with van der Waals surface area (Å²) in [7, 11) is 0. The van der Waals surface area contributed by atoms with Crippen molar-refractivity contribution < 1.29 is 9.90 Å². The molecule has 3 N–H and O–H groups in total. The van der Waals surface area contributed by atoms with Crippen molar-refractivity contribution in [1.29, 1.82) is 0 Å². The smallest absolute Gasteiger partial charge is 0.256 e. The minimum atomic E-state index is -0.367. The zero-order chi connectivity index (χ0) is 16.2. The monoisotopic (exact) mass is 302 g/mol. The molecule has 1 amide bonds. The van der Waals surface area contributed by atoms with Crippen molar-refractivity contribution in [2.24, 2.45) is 5.41 Å². The van der Waals surface area contributed by atoms with E-state index in [1.54, 1.807) is 18.2 Å². The number of aliphatic hydroxyl groups is 1. The maximum absolute atomic E-state index is 12.3. The number of hydrogen-bond donors (Lipinski definition) is 3. The van der Waals surface area contributed by atoms with E-state index in [2.05, 4.69) is 10.3 Å². The van der Waals surface area contributed by atoms with Gasteiger partial charge in [-0.2, -0.15) is 0 Å². The van der Waals surface area contributed by atoms with Crippen LogP contribution in [-0.2, 0) is 0 Å². The minimum absolute atomic E-state index is 0.116. The summed E-state index contributed by atoms with van der Waals surface area (Å²) in [6.07, 6.45) is 3.01. The van der Waals surface area contributed by atoms with E-state index in [0.29, 0.717) is 17.4 Å². The second kappa shape index (κ2) is 6.75. The second-order valence-corrected chi connectivity index (χ2v) is 6.26. The number of H-pyrrole nitrogens is 1. The molecule has 0 unspecified atom stereocenters. The highest BCUT2D eigenvalue weighted by Gasteiger charge is 2.16. The predicted octanol–water partition coefficient (Wildman–Crippen LogP) is 2.06. The summed E-state index contributed by atoms with van der Waals surface area (Å²) >= 11 is 0. The highest BCUT2D eigenvalue weighted by Crippen LogP contribution is 2.20. The fourth-order valence-electron chi connectivity index (χ4n) is 2.28. The Hall–Kier alpha value is -2.14. The number of rotatable bonds is 6. The van der Waals surface area contributed by atoms with Gasteiger partial charge in [-0.25, -0.2) is 0 Å². The van der Waals surface area contributed by atoms with Gasteiger partial charge in [0.2, 0.25) is 5.43 Å². The number of benzene rings is 1. The Morgan fingerprint density at radius 1 is 1.32 bits per heavy atom. The Bertz CT molecular complexity index is 719. The van der Waals surface area contributed by atoms with Crippen molar-refractivity contribution >= 4 is 16.8 Å². The molecule has 0 saturated carbocycles. The molecule has 0 aliphatic carbocycles. The molecule has 0 fully saturated rings. The maximum atomic E-state index is 12.3. The summed E-state index contributed by atoms with van der Waals surface area (Å²) in [5, 5.41) is 12.5. The molecule has 0 atom stereocenters. The molecule has 0 bridgehead atoms. The van der Waals surface area contributed by atoms with Crippen LogP contribution in [0.15, 0.2) is 35.3 Å². The first-order valence-electron chi connectivity index (χ1n) is 7.44. The van der Waals surface area contributed by atoms with Crippen molar-refractivity contribution in [3.8, 4) is 0 Å². The average molecular weight is 302 g/mol. The third kappa shape index (κ3) is 3.74. The third-order valence-corrected chi connectivity index (χ3v) is 3.78. The second-order valence-electron chi connectivity index (χ2n) is 6.26. The maximum Gasteiger partial charge on any atom is 0.256 e. The highest BCUT2D eigenvalue weighted by molar-refractivity contribution is 5.97. The first-order chi connectivity index (χ1) is 10.4.